The standard InChI is InChI=1S/C19H22N4O/c1-4-14(2)19-18(15-8-6-5-7-9-15)20-13-23(19)11-16-10-17(12-24-3)22-21-16/h4-10,13H,11-12H2,1-3H3,(H,21,22)/b14-4+. The number of aromatic nitrogens is 4. The van der Waals surface area contributed by atoms with E-state index in [9.17, 15) is 0 Å². The summed E-state index contributed by atoms with van der Waals surface area (Å²) in [6, 6.07) is 12.3. The van der Waals surface area contributed by atoms with Gasteiger partial charge in [0.25, 0.3) is 0 Å². The highest BCUT2D eigenvalue weighted by Gasteiger charge is 2.15. The van der Waals surface area contributed by atoms with Gasteiger partial charge in [-0.15, -0.1) is 0 Å². The average Bonchev–Trinajstić information content (AvgIpc) is 3.23. The number of benzene rings is 1. The van der Waals surface area contributed by atoms with Gasteiger partial charge in [-0.1, -0.05) is 36.4 Å². The Bertz CT molecular complexity index is 830. The van der Waals surface area contributed by atoms with Gasteiger partial charge in [0, 0.05) is 12.7 Å². The van der Waals surface area contributed by atoms with E-state index in [2.05, 4.69) is 44.9 Å². The van der Waals surface area contributed by atoms with Crippen LogP contribution in [0.3, 0.4) is 0 Å². The molecule has 24 heavy (non-hydrogen) atoms. The molecule has 0 bridgehead atoms. The monoisotopic (exact) mass is 322 g/mol. The average molecular weight is 322 g/mol. The predicted molar refractivity (Wildman–Crippen MR) is 95.4 cm³/mol. The molecule has 2 aromatic heterocycles. The van der Waals surface area contributed by atoms with E-state index in [4.69, 9.17) is 4.74 Å². The fourth-order valence-electron chi connectivity index (χ4n) is 2.76. The molecular formula is C19H22N4O. The molecule has 5 heteroatoms. The Hall–Kier alpha value is -2.66. The fourth-order valence-corrected chi connectivity index (χ4v) is 2.76. The van der Waals surface area contributed by atoms with Gasteiger partial charge in [-0.25, -0.2) is 4.98 Å². The van der Waals surface area contributed by atoms with Crippen LogP contribution in [0.25, 0.3) is 16.8 Å². The molecule has 1 aromatic carbocycles. The fraction of sp³-hybridized carbons (Fsp3) is 0.263. The van der Waals surface area contributed by atoms with E-state index in [-0.39, 0.29) is 0 Å². The van der Waals surface area contributed by atoms with Crippen LogP contribution < -0.4 is 0 Å². The van der Waals surface area contributed by atoms with E-state index in [1.807, 2.05) is 37.5 Å². The lowest BCUT2D eigenvalue weighted by Gasteiger charge is -2.10. The smallest absolute Gasteiger partial charge is 0.0962 e. The highest BCUT2D eigenvalue weighted by atomic mass is 16.5. The largest absolute Gasteiger partial charge is 0.378 e. The number of ether oxygens (including phenoxy) is 1. The number of nitrogens with zero attached hydrogens (tertiary/aromatic N) is 3. The summed E-state index contributed by atoms with van der Waals surface area (Å²) in [5.41, 5.74) is 6.39. The summed E-state index contributed by atoms with van der Waals surface area (Å²) < 4.78 is 7.28. The minimum Gasteiger partial charge on any atom is -0.378 e. The lowest BCUT2D eigenvalue weighted by atomic mass is 10.1. The first kappa shape index (κ1) is 16.2. The van der Waals surface area contributed by atoms with Crippen molar-refractivity contribution in [2.24, 2.45) is 0 Å². The highest BCUT2D eigenvalue weighted by molar-refractivity contribution is 5.76. The molecule has 0 atom stereocenters. The molecule has 0 saturated carbocycles. The third-order valence-electron chi connectivity index (χ3n) is 4.01. The number of hydrogen-bond acceptors (Lipinski definition) is 3. The first-order valence-electron chi connectivity index (χ1n) is 7.99. The zero-order valence-corrected chi connectivity index (χ0v) is 14.3. The number of allylic oxidation sites excluding steroid dienone is 2. The molecule has 0 spiro atoms. The minimum absolute atomic E-state index is 0.510. The molecule has 3 aromatic rings. The second-order valence-electron chi connectivity index (χ2n) is 5.72. The number of methoxy groups -OCH3 is 1. The third-order valence-corrected chi connectivity index (χ3v) is 4.01. The normalized spacial score (nSPS) is 11.9. The molecule has 0 aliphatic rings. The van der Waals surface area contributed by atoms with Crippen molar-refractivity contribution in [1.29, 1.82) is 0 Å². The lowest BCUT2D eigenvalue weighted by molar-refractivity contribution is 0.181. The molecule has 0 aliphatic carbocycles. The van der Waals surface area contributed by atoms with Crippen molar-refractivity contribution in [2.75, 3.05) is 7.11 Å². The third kappa shape index (κ3) is 3.31. The van der Waals surface area contributed by atoms with Crippen LogP contribution in [-0.4, -0.2) is 26.9 Å². The molecule has 3 rings (SSSR count). The maximum absolute atomic E-state index is 5.12. The van der Waals surface area contributed by atoms with E-state index in [0.717, 1.165) is 28.3 Å². The number of rotatable bonds is 6. The summed E-state index contributed by atoms with van der Waals surface area (Å²) >= 11 is 0. The van der Waals surface area contributed by atoms with Crippen LogP contribution in [0.1, 0.15) is 30.9 Å². The molecule has 0 amide bonds. The maximum Gasteiger partial charge on any atom is 0.0962 e. The highest BCUT2D eigenvalue weighted by Crippen LogP contribution is 2.28. The molecule has 0 unspecified atom stereocenters. The summed E-state index contributed by atoms with van der Waals surface area (Å²) in [4.78, 5) is 4.66. The maximum atomic E-state index is 5.12. The Morgan fingerprint density at radius 3 is 2.79 bits per heavy atom. The molecule has 2 heterocycles. The molecular weight excluding hydrogens is 300 g/mol. The van der Waals surface area contributed by atoms with Gasteiger partial charge in [0.2, 0.25) is 0 Å². The number of hydrogen-bond donors (Lipinski definition) is 1. The van der Waals surface area contributed by atoms with Gasteiger partial charge in [-0.2, -0.15) is 5.10 Å². The van der Waals surface area contributed by atoms with Gasteiger partial charge in [0.05, 0.1) is 42.3 Å². The molecule has 124 valence electrons. The van der Waals surface area contributed by atoms with Crippen LogP contribution in [0.4, 0.5) is 0 Å². The summed E-state index contributed by atoms with van der Waals surface area (Å²) in [5.74, 6) is 0. The molecule has 0 radical (unpaired) electrons. The van der Waals surface area contributed by atoms with Crippen molar-refractivity contribution in [3.05, 3.63) is 65.9 Å². The van der Waals surface area contributed by atoms with Gasteiger partial charge in [0.1, 0.15) is 0 Å². The van der Waals surface area contributed by atoms with Gasteiger partial charge >= 0.3 is 0 Å². The molecule has 0 fully saturated rings. The Morgan fingerprint density at radius 2 is 2.08 bits per heavy atom. The van der Waals surface area contributed by atoms with Crippen LogP contribution in [0.2, 0.25) is 0 Å². The van der Waals surface area contributed by atoms with Crippen LogP contribution in [0, 0.1) is 0 Å². The van der Waals surface area contributed by atoms with Gasteiger partial charge in [-0.3, -0.25) is 5.10 Å². The van der Waals surface area contributed by atoms with E-state index >= 15 is 0 Å². The zero-order chi connectivity index (χ0) is 16.9. The summed E-state index contributed by atoms with van der Waals surface area (Å²) in [6.45, 7) is 5.37. The second kappa shape index (κ2) is 7.27. The van der Waals surface area contributed by atoms with Crippen molar-refractivity contribution >= 4 is 5.57 Å². The van der Waals surface area contributed by atoms with Crippen LogP contribution >= 0.6 is 0 Å². The van der Waals surface area contributed by atoms with E-state index in [0.29, 0.717) is 13.2 Å². The Labute approximate surface area is 142 Å². The topological polar surface area (TPSA) is 55.7 Å². The zero-order valence-electron chi connectivity index (χ0n) is 14.3. The van der Waals surface area contributed by atoms with E-state index in [1.165, 1.54) is 5.57 Å². The summed E-state index contributed by atoms with van der Waals surface area (Å²) in [7, 11) is 1.67. The summed E-state index contributed by atoms with van der Waals surface area (Å²) in [6.07, 6.45) is 4.00. The Kier molecular flexibility index (Phi) is 4.91. The number of aromatic amines is 1. The number of imidazole rings is 1. The van der Waals surface area contributed by atoms with Crippen molar-refractivity contribution in [2.45, 2.75) is 27.0 Å². The molecule has 1 N–H and O–H groups in total. The van der Waals surface area contributed by atoms with Crippen molar-refractivity contribution in [3.8, 4) is 11.3 Å². The predicted octanol–water partition coefficient (Wildman–Crippen LogP) is 3.89. The van der Waals surface area contributed by atoms with Crippen LogP contribution in [-0.2, 0) is 17.9 Å². The Balaban J connectivity index is 1.97. The SMILES string of the molecule is C/C=C(\C)c1c(-c2ccccc2)ncn1Cc1cc(COC)n[nH]1. The van der Waals surface area contributed by atoms with Crippen LogP contribution in [0.5, 0.6) is 0 Å². The van der Waals surface area contributed by atoms with Gasteiger partial charge < -0.3 is 9.30 Å². The Morgan fingerprint density at radius 1 is 1.29 bits per heavy atom. The lowest BCUT2D eigenvalue weighted by Crippen LogP contribution is -2.03. The second-order valence-corrected chi connectivity index (χ2v) is 5.72. The van der Waals surface area contributed by atoms with Gasteiger partial charge in [-0.05, 0) is 25.5 Å². The number of H-pyrrole nitrogens is 1. The van der Waals surface area contributed by atoms with Crippen molar-refractivity contribution in [1.82, 2.24) is 19.7 Å². The molecule has 5 nitrogen and oxygen atoms in total. The first-order valence-corrected chi connectivity index (χ1v) is 7.99. The first-order chi connectivity index (χ1) is 11.7. The van der Waals surface area contributed by atoms with Crippen LogP contribution in [0.15, 0.2) is 48.8 Å². The van der Waals surface area contributed by atoms with E-state index < -0.39 is 0 Å². The summed E-state index contributed by atoms with van der Waals surface area (Å²) in [5, 5.41) is 7.34. The molecule has 0 aliphatic heterocycles. The minimum atomic E-state index is 0.510. The van der Waals surface area contributed by atoms with Crippen molar-refractivity contribution in [3.63, 3.8) is 0 Å². The van der Waals surface area contributed by atoms with E-state index in [1.54, 1.807) is 7.11 Å². The quantitative estimate of drug-likeness (QED) is 0.749. The molecule has 0 saturated heterocycles. The van der Waals surface area contributed by atoms with Gasteiger partial charge in [0.15, 0.2) is 0 Å². The van der Waals surface area contributed by atoms with Crippen molar-refractivity contribution < 1.29 is 4.74 Å². The number of nitrogens with one attached hydrogen (secondary N) is 1.